The molecule has 0 aliphatic carbocycles. The molecule has 4 heterocycles. The third-order valence-corrected chi connectivity index (χ3v) is 15.8. The van der Waals surface area contributed by atoms with Crippen LogP contribution in [0, 0.1) is 11.3 Å². The summed E-state index contributed by atoms with van der Waals surface area (Å²) in [6.45, 7) is 0. The lowest BCUT2D eigenvalue weighted by molar-refractivity contribution is -0.143. The minimum absolute atomic E-state index is 0.128. The van der Waals surface area contributed by atoms with Gasteiger partial charge in [0.25, 0.3) is 0 Å². The largest absolute Gasteiger partial charge is 0.416 e. The quantitative estimate of drug-likeness (QED) is 0.153. The topological polar surface area (TPSA) is 43.5 Å². The van der Waals surface area contributed by atoms with Crippen LogP contribution in [0.5, 0.6) is 0 Å². The molecule has 11 aromatic carbocycles. The van der Waals surface area contributed by atoms with Gasteiger partial charge in [0.2, 0.25) is 0 Å². The average molecular weight is 1050 g/mol. The van der Waals surface area contributed by atoms with E-state index >= 15 is 0 Å². The smallest absolute Gasteiger partial charge is 0.309 e. The number of benzene rings is 11. The van der Waals surface area contributed by atoms with Crippen molar-refractivity contribution in [1.82, 2.24) is 18.3 Å². The van der Waals surface area contributed by atoms with E-state index in [1.165, 1.54) is 0 Å². The molecule has 15 rings (SSSR count). The number of rotatable bonds is 6. The van der Waals surface area contributed by atoms with E-state index in [-0.39, 0.29) is 17.2 Å². The third kappa shape index (κ3) is 7.12. The van der Waals surface area contributed by atoms with Crippen LogP contribution in [-0.4, -0.2) is 18.3 Å². The van der Waals surface area contributed by atoms with Crippen molar-refractivity contribution in [2.45, 2.75) is 12.4 Å². The van der Waals surface area contributed by atoms with Gasteiger partial charge in [-0.1, -0.05) is 121 Å². The van der Waals surface area contributed by atoms with Crippen molar-refractivity contribution < 1.29 is 26.3 Å². The molecule has 0 bridgehead atoms. The van der Waals surface area contributed by atoms with E-state index in [1.807, 2.05) is 91.0 Å². The van der Waals surface area contributed by atoms with E-state index < -0.39 is 23.5 Å². The summed E-state index contributed by atoms with van der Waals surface area (Å²) in [5.74, 6) is 0. The lowest BCUT2D eigenvalue weighted by Crippen LogP contribution is -2.11. The lowest BCUT2D eigenvalue weighted by atomic mass is 9.93. The van der Waals surface area contributed by atoms with Gasteiger partial charge < -0.3 is 18.3 Å². The maximum absolute atomic E-state index is 14.6. The Morgan fingerprint density at radius 2 is 0.662 bits per heavy atom. The first-order chi connectivity index (χ1) is 38.9. The summed E-state index contributed by atoms with van der Waals surface area (Å²) in [6, 6.07) is 76.1. The van der Waals surface area contributed by atoms with Gasteiger partial charge in [0.05, 0.1) is 78.3 Å². The highest BCUT2D eigenvalue weighted by Crippen LogP contribution is 2.46. The van der Waals surface area contributed by atoms with Crippen LogP contribution in [0.4, 0.5) is 26.3 Å². The zero-order chi connectivity index (χ0) is 54.2. The SMILES string of the molecule is N#Cc1ccc(-c2cc(-c3cc(C(F)(F)F)cc(C(F)(F)F)c3)ccc2-n2c3ccccc3c3cc(-n4c5ccccc5c5ccccc54)ccc32)c(-n2c3ccccc3c3cc(-n4c5ccccc5c5ccccc54)ccc32)c1. The van der Waals surface area contributed by atoms with Gasteiger partial charge in [-0.2, -0.15) is 31.6 Å². The summed E-state index contributed by atoms with van der Waals surface area (Å²) in [5.41, 5.74) is 8.93. The van der Waals surface area contributed by atoms with Gasteiger partial charge in [-0.05, 0) is 126 Å². The number of hydrogen-bond donors (Lipinski definition) is 0. The maximum Gasteiger partial charge on any atom is 0.416 e. The van der Waals surface area contributed by atoms with Gasteiger partial charge in [0, 0.05) is 65.6 Å². The van der Waals surface area contributed by atoms with Gasteiger partial charge in [-0.15, -0.1) is 0 Å². The maximum atomic E-state index is 14.6. The molecular weight excluding hydrogens is 1010 g/mol. The first kappa shape index (κ1) is 46.9. The second-order valence-electron chi connectivity index (χ2n) is 20.2. The Morgan fingerprint density at radius 3 is 1.07 bits per heavy atom. The number of alkyl halides is 6. The molecule has 15 aromatic rings. The molecule has 0 spiro atoms. The van der Waals surface area contributed by atoms with Crippen molar-refractivity contribution in [3.05, 3.63) is 253 Å². The Bertz CT molecular complexity index is 5000. The normalized spacial score (nSPS) is 12.4. The van der Waals surface area contributed by atoms with Crippen LogP contribution in [0.2, 0.25) is 0 Å². The Balaban J connectivity index is 1.01. The van der Waals surface area contributed by atoms with Crippen LogP contribution in [0.15, 0.2) is 237 Å². The first-order valence-corrected chi connectivity index (χ1v) is 25.9. The number of halogens is 6. The average Bonchev–Trinajstić information content (AvgIpc) is 4.32. The van der Waals surface area contributed by atoms with Crippen molar-refractivity contribution in [2.75, 3.05) is 0 Å². The van der Waals surface area contributed by atoms with E-state index in [9.17, 15) is 31.6 Å². The minimum Gasteiger partial charge on any atom is -0.309 e. The number of hydrogen-bond acceptors (Lipinski definition) is 1. The Labute approximate surface area is 451 Å². The summed E-state index contributed by atoms with van der Waals surface area (Å²) >= 11 is 0. The summed E-state index contributed by atoms with van der Waals surface area (Å²) in [6.07, 6.45) is -10.1. The van der Waals surface area contributed by atoms with Crippen LogP contribution >= 0.6 is 0 Å². The van der Waals surface area contributed by atoms with Gasteiger partial charge >= 0.3 is 12.4 Å². The molecule has 0 saturated heterocycles. The molecule has 0 amide bonds. The fraction of sp³-hybridized carbons (Fsp3) is 0.0290. The molecule has 5 nitrogen and oxygen atoms in total. The molecule has 0 unspecified atom stereocenters. The van der Waals surface area contributed by atoms with Crippen molar-refractivity contribution in [3.63, 3.8) is 0 Å². The number of nitriles is 1. The fourth-order valence-electron chi connectivity index (χ4n) is 12.4. The van der Waals surface area contributed by atoms with Crippen LogP contribution in [-0.2, 0) is 12.4 Å². The standard InChI is InChI=1S/C69H39F6N5/c70-68(71,72)44-34-43(35-45(37-44)69(73,74)75)42-26-30-64(79-62-23-11-5-17-52(62)56-38-46(27-31-65(56)79)77-58-19-7-1-13-48(58)49-14-2-8-20-59(49)77)55(36-42)54-29-25-41(40-76)33-67(54)80-63-24-12-6-18-53(63)57-39-47(28-32-66(57)80)78-60-21-9-3-15-50(60)51-16-4-10-22-61(51)78/h1-39H. The van der Waals surface area contributed by atoms with Gasteiger partial charge in [0.15, 0.2) is 0 Å². The van der Waals surface area contributed by atoms with Crippen molar-refractivity contribution in [2.24, 2.45) is 0 Å². The monoisotopic (exact) mass is 1050 g/mol. The number of nitrogens with zero attached hydrogens (tertiary/aromatic N) is 5. The van der Waals surface area contributed by atoms with Crippen LogP contribution in [0.3, 0.4) is 0 Å². The van der Waals surface area contributed by atoms with Gasteiger partial charge in [-0.25, -0.2) is 0 Å². The fourth-order valence-corrected chi connectivity index (χ4v) is 12.4. The van der Waals surface area contributed by atoms with Gasteiger partial charge in [-0.3, -0.25) is 0 Å². The predicted molar refractivity (Wildman–Crippen MR) is 309 cm³/mol. The van der Waals surface area contributed by atoms with Crippen molar-refractivity contribution >= 4 is 87.2 Å². The molecular formula is C69H39F6N5. The molecule has 80 heavy (non-hydrogen) atoms. The number of para-hydroxylation sites is 6. The molecule has 0 saturated carbocycles. The molecule has 0 aliphatic rings. The zero-order valence-corrected chi connectivity index (χ0v) is 42.0. The molecule has 0 N–H and O–H groups in total. The van der Waals surface area contributed by atoms with Crippen LogP contribution in [0.1, 0.15) is 16.7 Å². The van der Waals surface area contributed by atoms with E-state index in [1.54, 1.807) is 30.3 Å². The van der Waals surface area contributed by atoms with E-state index in [0.29, 0.717) is 28.1 Å². The summed E-state index contributed by atoms with van der Waals surface area (Å²) < 4.78 is 96.3. The lowest BCUT2D eigenvalue weighted by Gasteiger charge is -2.21. The van der Waals surface area contributed by atoms with Crippen LogP contribution < -0.4 is 0 Å². The Kier molecular flexibility index (Phi) is 10.2. The number of aromatic nitrogens is 4. The Morgan fingerprint density at radius 1 is 0.287 bits per heavy atom. The van der Waals surface area contributed by atoms with Crippen molar-refractivity contribution in [3.8, 4) is 51.1 Å². The minimum atomic E-state index is -5.07. The predicted octanol–water partition coefficient (Wildman–Crippen LogP) is 19.3. The molecule has 11 heteroatoms. The summed E-state index contributed by atoms with van der Waals surface area (Å²) in [4.78, 5) is 0. The molecule has 4 aromatic heterocycles. The summed E-state index contributed by atoms with van der Waals surface area (Å²) in [5, 5.41) is 18.8. The van der Waals surface area contributed by atoms with Crippen molar-refractivity contribution in [1.29, 1.82) is 5.26 Å². The highest BCUT2D eigenvalue weighted by atomic mass is 19.4. The van der Waals surface area contributed by atoms with E-state index in [2.05, 4.69) is 121 Å². The van der Waals surface area contributed by atoms with Crippen LogP contribution in [0.25, 0.3) is 132 Å². The Hall–Kier alpha value is -10.3. The molecule has 0 aliphatic heterocycles. The highest BCUT2D eigenvalue weighted by Gasteiger charge is 2.37. The molecule has 0 fully saturated rings. The first-order valence-electron chi connectivity index (χ1n) is 25.9. The highest BCUT2D eigenvalue weighted by molar-refractivity contribution is 6.15. The second-order valence-corrected chi connectivity index (χ2v) is 20.2. The molecule has 0 atom stereocenters. The molecule has 382 valence electrons. The summed E-state index contributed by atoms with van der Waals surface area (Å²) in [7, 11) is 0. The van der Waals surface area contributed by atoms with E-state index in [0.717, 1.165) is 111 Å². The zero-order valence-electron chi connectivity index (χ0n) is 42.0. The molecule has 0 radical (unpaired) electrons. The van der Waals surface area contributed by atoms with Gasteiger partial charge in [0.1, 0.15) is 0 Å². The number of fused-ring (bicyclic) bond motifs is 12. The second kappa shape index (κ2) is 17.3. The third-order valence-electron chi connectivity index (χ3n) is 15.8. The van der Waals surface area contributed by atoms with E-state index in [4.69, 9.17) is 0 Å².